The van der Waals surface area contributed by atoms with Crippen LogP contribution in [-0.4, -0.2) is 37.6 Å². The van der Waals surface area contributed by atoms with Crippen LogP contribution in [0.1, 0.15) is 39.5 Å². The largest absolute Gasteiger partial charge is 0.315 e. The Morgan fingerprint density at radius 3 is 2.80 bits per heavy atom. The van der Waals surface area contributed by atoms with Gasteiger partial charge in [-0.05, 0) is 37.1 Å². The summed E-state index contributed by atoms with van der Waals surface area (Å²) in [5.74, 6) is 0.821. The summed E-state index contributed by atoms with van der Waals surface area (Å²) in [7, 11) is 0. The summed E-state index contributed by atoms with van der Waals surface area (Å²) in [6, 6.07) is 0. The highest BCUT2D eigenvalue weighted by molar-refractivity contribution is 4.90. The van der Waals surface area contributed by atoms with Crippen LogP contribution in [-0.2, 0) is 0 Å². The van der Waals surface area contributed by atoms with Crippen molar-refractivity contribution in [3.63, 3.8) is 0 Å². The first-order valence-electron chi connectivity index (χ1n) is 6.67. The SMILES string of the molecule is CCC1(CN2CCNCC(C)C2)CCC1. The Hall–Kier alpha value is -0.0800. The summed E-state index contributed by atoms with van der Waals surface area (Å²) < 4.78 is 0. The van der Waals surface area contributed by atoms with E-state index in [9.17, 15) is 0 Å². The number of hydrogen-bond acceptors (Lipinski definition) is 2. The molecule has 0 radical (unpaired) electrons. The highest BCUT2D eigenvalue weighted by Gasteiger charge is 2.36. The van der Waals surface area contributed by atoms with Gasteiger partial charge in [0, 0.05) is 26.2 Å². The van der Waals surface area contributed by atoms with Gasteiger partial charge in [-0.1, -0.05) is 20.3 Å². The predicted molar refractivity (Wildman–Crippen MR) is 65.0 cm³/mol. The molecule has 1 saturated heterocycles. The van der Waals surface area contributed by atoms with E-state index in [0.717, 1.165) is 5.92 Å². The summed E-state index contributed by atoms with van der Waals surface area (Å²) >= 11 is 0. The highest BCUT2D eigenvalue weighted by atomic mass is 15.2. The van der Waals surface area contributed by atoms with Crippen LogP contribution < -0.4 is 5.32 Å². The molecule has 2 aliphatic rings. The van der Waals surface area contributed by atoms with Crippen LogP contribution in [0.3, 0.4) is 0 Å². The Balaban J connectivity index is 1.86. The molecule has 0 bridgehead atoms. The minimum atomic E-state index is 0.698. The third-order valence-electron chi connectivity index (χ3n) is 4.39. The maximum Gasteiger partial charge on any atom is 0.0107 e. The summed E-state index contributed by atoms with van der Waals surface area (Å²) in [6.07, 6.45) is 5.80. The second kappa shape index (κ2) is 4.84. The topological polar surface area (TPSA) is 15.3 Å². The molecule has 0 aromatic carbocycles. The third-order valence-corrected chi connectivity index (χ3v) is 4.39. The van der Waals surface area contributed by atoms with Gasteiger partial charge in [0.2, 0.25) is 0 Å². The smallest absolute Gasteiger partial charge is 0.0107 e. The molecule has 0 aromatic rings. The maximum atomic E-state index is 3.53. The molecule has 15 heavy (non-hydrogen) atoms. The second-order valence-corrected chi connectivity index (χ2v) is 5.75. The lowest BCUT2D eigenvalue weighted by Gasteiger charge is -2.45. The Labute approximate surface area is 94.4 Å². The Morgan fingerprint density at radius 2 is 2.20 bits per heavy atom. The lowest BCUT2D eigenvalue weighted by molar-refractivity contribution is 0.0608. The average molecular weight is 210 g/mol. The van der Waals surface area contributed by atoms with Crippen molar-refractivity contribution in [2.45, 2.75) is 39.5 Å². The fourth-order valence-electron chi connectivity index (χ4n) is 3.10. The number of nitrogens with one attached hydrogen (secondary N) is 1. The fourth-order valence-corrected chi connectivity index (χ4v) is 3.10. The van der Waals surface area contributed by atoms with E-state index in [1.807, 2.05) is 0 Å². The zero-order chi connectivity index (χ0) is 10.7. The molecule has 0 amide bonds. The lowest BCUT2D eigenvalue weighted by Crippen LogP contribution is -2.43. The van der Waals surface area contributed by atoms with Crippen molar-refractivity contribution in [3.05, 3.63) is 0 Å². The van der Waals surface area contributed by atoms with E-state index in [-0.39, 0.29) is 0 Å². The third kappa shape index (κ3) is 2.73. The van der Waals surface area contributed by atoms with Gasteiger partial charge in [0.05, 0.1) is 0 Å². The summed E-state index contributed by atoms with van der Waals surface area (Å²) in [5.41, 5.74) is 0.698. The Morgan fingerprint density at radius 1 is 1.40 bits per heavy atom. The molecule has 1 aliphatic heterocycles. The van der Waals surface area contributed by atoms with Gasteiger partial charge in [0.1, 0.15) is 0 Å². The molecule has 2 nitrogen and oxygen atoms in total. The van der Waals surface area contributed by atoms with Crippen LogP contribution in [0.5, 0.6) is 0 Å². The van der Waals surface area contributed by atoms with Crippen LogP contribution in [0.4, 0.5) is 0 Å². The van der Waals surface area contributed by atoms with Crippen molar-refractivity contribution in [1.29, 1.82) is 0 Å². The molecule has 2 heteroatoms. The first-order valence-corrected chi connectivity index (χ1v) is 6.67. The fraction of sp³-hybridized carbons (Fsp3) is 1.00. The van der Waals surface area contributed by atoms with Crippen LogP contribution in [0.2, 0.25) is 0 Å². The van der Waals surface area contributed by atoms with Crippen molar-refractivity contribution >= 4 is 0 Å². The molecule has 1 N–H and O–H groups in total. The van der Waals surface area contributed by atoms with E-state index < -0.39 is 0 Å². The van der Waals surface area contributed by atoms with E-state index in [4.69, 9.17) is 0 Å². The number of hydrogen-bond donors (Lipinski definition) is 1. The molecular weight excluding hydrogens is 184 g/mol. The number of rotatable bonds is 3. The van der Waals surface area contributed by atoms with Gasteiger partial charge in [-0.15, -0.1) is 0 Å². The van der Waals surface area contributed by atoms with Gasteiger partial charge in [0.25, 0.3) is 0 Å². The molecular formula is C13H26N2. The standard InChI is InChI=1S/C13H26N2/c1-3-13(5-4-6-13)11-15-8-7-14-9-12(2)10-15/h12,14H,3-11H2,1-2H3. The van der Waals surface area contributed by atoms with Gasteiger partial charge in [-0.2, -0.15) is 0 Å². The minimum absolute atomic E-state index is 0.698. The molecule has 1 unspecified atom stereocenters. The van der Waals surface area contributed by atoms with Gasteiger partial charge >= 0.3 is 0 Å². The van der Waals surface area contributed by atoms with E-state index in [1.54, 1.807) is 0 Å². The quantitative estimate of drug-likeness (QED) is 0.767. The zero-order valence-corrected chi connectivity index (χ0v) is 10.4. The average Bonchev–Trinajstić information content (AvgIpc) is 2.36. The Kier molecular flexibility index (Phi) is 3.68. The molecule has 2 rings (SSSR count). The van der Waals surface area contributed by atoms with Gasteiger partial charge < -0.3 is 10.2 Å². The molecule has 1 atom stereocenters. The van der Waals surface area contributed by atoms with Gasteiger partial charge in [0.15, 0.2) is 0 Å². The maximum absolute atomic E-state index is 3.53. The monoisotopic (exact) mass is 210 g/mol. The molecule has 1 saturated carbocycles. The predicted octanol–water partition coefficient (Wildman–Crippen LogP) is 2.11. The van der Waals surface area contributed by atoms with Crippen molar-refractivity contribution < 1.29 is 0 Å². The molecule has 88 valence electrons. The molecule has 2 fully saturated rings. The van der Waals surface area contributed by atoms with Crippen LogP contribution in [0.25, 0.3) is 0 Å². The molecule has 0 spiro atoms. The van der Waals surface area contributed by atoms with E-state index in [1.165, 1.54) is 58.4 Å². The molecule has 0 aromatic heterocycles. The van der Waals surface area contributed by atoms with Gasteiger partial charge in [-0.25, -0.2) is 0 Å². The minimum Gasteiger partial charge on any atom is -0.315 e. The van der Waals surface area contributed by atoms with Crippen molar-refractivity contribution in [1.82, 2.24) is 10.2 Å². The normalized spacial score (nSPS) is 32.0. The van der Waals surface area contributed by atoms with Gasteiger partial charge in [-0.3, -0.25) is 0 Å². The van der Waals surface area contributed by atoms with E-state index in [0.29, 0.717) is 5.41 Å². The number of nitrogens with zero attached hydrogens (tertiary/aromatic N) is 1. The summed E-state index contributed by atoms with van der Waals surface area (Å²) in [5, 5.41) is 3.53. The first kappa shape index (κ1) is 11.4. The lowest BCUT2D eigenvalue weighted by atomic mass is 9.66. The van der Waals surface area contributed by atoms with Crippen LogP contribution in [0.15, 0.2) is 0 Å². The second-order valence-electron chi connectivity index (χ2n) is 5.75. The van der Waals surface area contributed by atoms with E-state index >= 15 is 0 Å². The van der Waals surface area contributed by atoms with Crippen molar-refractivity contribution in [2.75, 3.05) is 32.7 Å². The van der Waals surface area contributed by atoms with Crippen molar-refractivity contribution in [2.24, 2.45) is 11.3 Å². The summed E-state index contributed by atoms with van der Waals surface area (Å²) in [4.78, 5) is 2.70. The zero-order valence-electron chi connectivity index (χ0n) is 10.4. The van der Waals surface area contributed by atoms with Crippen LogP contribution >= 0.6 is 0 Å². The van der Waals surface area contributed by atoms with Crippen LogP contribution in [0, 0.1) is 11.3 Å². The summed E-state index contributed by atoms with van der Waals surface area (Å²) in [6.45, 7) is 11.0. The molecule has 1 heterocycles. The first-order chi connectivity index (χ1) is 7.24. The highest BCUT2D eigenvalue weighted by Crippen LogP contribution is 2.44. The van der Waals surface area contributed by atoms with Crippen molar-refractivity contribution in [3.8, 4) is 0 Å². The Bertz CT molecular complexity index is 193. The van der Waals surface area contributed by atoms with E-state index in [2.05, 4.69) is 24.1 Å². The molecule has 1 aliphatic carbocycles.